The molecule has 0 aliphatic rings. The summed E-state index contributed by atoms with van der Waals surface area (Å²) in [5.74, 6) is 0.892. The fourth-order valence-electron chi connectivity index (χ4n) is 1.82. The summed E-state index contributed by atoms with van der Waals surface area (Å²) >= 11 is 0. The van der Waals surface area contributed by atoms with Crippen molar-refractivity contribution in [1.82, 2.24) is 4.98 Å². The number of pyridine rings is 1. The van der Waals surface area contributed by atoms with Crippen LogP contribution in [0, 0.1) is 0 Å². The highest BCUT2D eigenvalue weighted by atomic mass is 16.5. The molecule has 0 N–H and O–H groups in total. The van der Waals surface area contributed by atoms with Gasteiger partial charge in [0.05, 0.1) is 7.11 Å². The molecular weight excluding hydrogens is 224 g/mol. The standard InChI is InChI=1S/C15H18N2O/c1-17(11-8-13-6-9-16-10-7-13)14-4-3-5-15(12-14)18-2/h3-7,9-10,12H,8,11H2,1-2H3. The molecule has 2 aromatic rings. The van der Waals surface area contributed by atoms with E-state index in [9.17, 15) is 0 Å². The molecule has 2 rings (SSSR count). The van der Waals surface area contributed by atoms with E-state index in [1.165, 1.54) is 11.3 Å². The van der Waals surface area contributed by atoms with Crippen molar-refractivity contribution < 1.29 is 4.74 Å². The van der Waals surface area contributed by atoms with Crippen LogP contribution < -0.4 is 9.64 Å². The quantitative estimate of drug-likeness (QED) is 0.806. The molecule has 0 saturated carbocycles. The lowest BCUT2D eigenvalue weighted by Crippen LogP contribution is -2.20. The first-order valence-corrected chi connectivity index (χ1v) is 6.03. The Morgan fingerprint density at radius 3 is 2.67 bits per heavy atom. The van der Waals surface area contributed by atoms with Gasteiger partial charge >= 0.3 is 0 Å². The predicted octanol–water partition coefficient (Wildman–Crippen LogP) is 2.77. The maximum atomic E-state index is 5.23. The molecule has 0 bridgehead atoms. The molecular formula is C15H18N2O. The smallest absolute Gasteiger partial charge is 0.120 e. The normalized spacial score (nSPS) is 10.1. The second-order valence-electron chi connectivity index (χ2n) is 4.23. The Morgan fingerprint density at radius 1 is 1.17 bits per heavy atom. The van der Waals surface area contributed by atoms with E-state index in [1.54, 1.807) is 7.11 Å². The SMILES string of the molecule is COc1cccc(N(C)CCc2ccncc2)c1. The number of nitrogens with zero attached hydrogens (tertiary/aromatic N) is 2. The Kier molecular flexibility index (Phi) is 4.18. The van der Waals surface area contributed by atoms with E-state index in [2.05, 4.69) is 35.1 Å². The van der Waals surface area contributed by atoms with Crippen molar-refractivity contribution in [1.29, 1.82) is 0 Å². The maximum absolute atomic E-state index is 5.23. The second-order valence-corrected chi connectivity index (χ2v) is 4.23. The molecule has 0 atom stereocenters. The molecule has 94 valence electrons. The van der Waals surface area contributed by atoms with Crippen molar-refractivity contribution in [2.75, 3.05) is 25.6 Å². The summed E-state index contributed by atoms with van der Waals surface area (Å²) in [6.07, 6.45) is 4.68. The third kappa shape index (κ3) is 3.23. The molecule has 0 radical (unpaired) electrons. The molecule has 1 aromatic carbocycles. The summed E-state index contributed by atoms with van der Waals surface area (Å²) in [6, 6.07) is 12.2. The molecule has 1 heterocycles. The Labute approximate surface area is 108 Å². The summed E-state index contributed by atoms with van der Waals surface area (Å²) in [5.41, 5.74) is 2.48. The van der Waals surface area contributed by atoms with Gasteiger partial charge in [-0.05, 0) is 36.2 Å². The Morgan fingerprint density at radius 2 is 1.94 bits per heavy atom. The molecule has 1 aromatic heterocycles. The van der Waals surface area contributed by atoms with Crippen molar-refractivity contribution in [2.45, 2.75) is 6.42 Å². The lowest BCUT2D eigenvalue weighted by Gasteiger charge is -2.19. The first kappa shape index (κ1) is 12.4. The lowest BCUT2D eigenvalue weighted by atomic mass is 10.2. The van der Waals surface area contributed by atoms with Gasteiger partial charge in [-0.15, -0.1) is 0 Å². The number of aromatic nitrogens is 1. The fraction of sp³-hybridized carbons (Fsp3) is 0.267. The molecule has 3 heteroatoms. The number of benzene rings is 1. The lowest BCUT2D eigenvalue weighted by molar-refractivity contribution is 0.415. The second kappa shape index (κ2) is 6.05. The number of methoxy groups -OCH3 is 1. The van der Waals surface area contributed by atoms with Gasteiger partial charge in [-0.3, -0.25) is 4.98 Å². The van der Waals surface area contributed by atoms with Gasteiger partial charge in [0.25, 0.3) is 0 Å². The van der Waals surface area contributed by atoms with Gasteiger partial charge in [-0.1, -0.05) is 6.07 Å². The van der Waals surface area contributed by atoms with Gasteiger partial charge in [0.15, 0.2) is 0 Å². The molecule has 0 fully saturated rings. The summed E-state index contributed by atoms with van der Waals surface area (Å²) in [4.78, 5) is 6.25. The fourth-order valence-corrected chi connectivity index (χ4v) is 1.82. The number of rotatable bonds is 5. The molecule has 0 saturated heterocycles. The maximum Gasteiger partial charge on any atom is 0.120 e. The van der Waals surface area contributed by atoms with Crippen LogP contribution in [0.15, 0.2) is 48.8 Å². The van der Waals surface area contributed by atoms with Crippen LogP contribution in [-0.2, 0) is 6.42 Å². The van der Waals surface area contributed by atoms with E-state index in [0.29, 0.717) is 0 Å². The van der Waals surface area contributed by atoms with Gasteiger partial charge in [-0.25, -0.2) is 0 Å². The zero-order chi connectivity index (χ0) is 12.8. The topological polar surface area (TPSA) is 25.4 Å². The predicted molar refractivity (Wildman–Crippen MR) is 74.2 cm³/mol. The van der Waals surface area contributed by atoms with E-state index in [4.69, 9.17) is 4.74 Å². The van der Waals surface area contributed by atoms with Crippen molar-refractivity contribution in [3.8, 4) is 5.75 Å². The Hall–Kier alpha value is -2.03. The minimum absolute atomic E-state index is 0.892. The van der Waals surface area contributed by atoms with Crippen LogP contribution in [0.5, 0.6) is 5.75 Å². The van der Waals surface area contributed by atoms with Crippen LogP contribution >= 0.6 is 0 Å². The number of anilines is 1. The molecule has 18 heavy (non-hydrogen) atoms. The minimum Gasteiger partial charge on any atom is -0.497 e. The van der Waals surface area contributed by atoms with Gasteiger partial charge < -0.3 is 9.64 Å². The minimum atomic E-state index is 0.892. The first-order chi connectivity index (χ1) is 8.79. The van der Waals surface area contributed by atoms with Gasteiger partial charge in [0.1, 0.15) is 5.75 Å². The highest BCUT2D eigenvalue weighted by molar-refractivity contribution is 5.50. The van der Waals surface area contributed by atoms with Crippen LogP contribution in [0.2, 0.25) is 0 Å². The van der Waals surface area contributed by atoms with Crippen molar-refractivity contribution >= 4 is 5.69 Å². The summed E-state index contributed by atoms with van der Waals surface area (Å²) < 4.78 is 5.23. The van der Waals surface area contributed by atoms with Crippen LogP contribution in [-0.4, -0.2) is 25.7 Å². The van der Waals surface area contributed by atoms with Crippen LogP contribution in [0.4, 0.5) is 5.69 Å². The van der Waals surface area contributed by atoms with Crippen LogP contribution in [0.25, 0.3) is 0 Å². The van der Waals surface area contributed by atoms with Crippen LogP contribution in [0.1, 0.15) is 5.56 Å². The zero-order valence-corrected chi connectivity index (χ0v) is 10.8. The largest absolute Gasteiger partial charge is 0.497 e. The monoisotopic (exact) mass is 242 g/mol. The summed E-state index contributed by atoms with van der Waals surface area (Å²) in [7, 11) is 3.78. The third-order valence-corrected chi connectivity index (χ3v) is 2.98. The molecule has 0 aliphatic carbocycles. The van der Waals surface area contributed by atoms with Gasteiger partial charge in [0, 0.05) is 37.7 Å². The van der Waals surface area contributed by atoms with Crippen molar-refractivity contribution in [2.24, 2.45) is 0 Å². The average Bonchev–Trinajstić information content (AvgIpc) is 2.46. The number of likely N-dealkylation sites (N-methyl/N-ethyl adjacent to an activating group) is 1. The molecule has 0 aliphatic heterocycles. The number of hydrogen-bond donors (Lipinski definition) is 0. The van der Waals surface area contributed by atoms with Crippen molar-refractivity contribution in [3.63, 3.8) is 0 Å². The molecule has 0 unspecified atom stereocenters. The van der Waals surface area contributed by atoms with Gasteiger partial charge in [0.2, 0.25) is 0 Å². The third-order valence-electron chi connectivity index (χ3n) is 2.98. The van der Waals surface area contributed by atoms with E-state index in [1.807, 2.05) is 30.6 Å². The van der Waals surface area contributed by atoms with E-state index < -0.39 is 0 Å². The van der Waals surface area contributed by atoms with E-state index in [-0.39, 0.29) is 0 Å². The molecule has 3 nitrogen and oxygen atoms in total. The van der Waals surface area contributed by atoms with Gasteiger partial charge in [-0.2, -0.15) is 0 Å². The Bertz CT molecular complexity index is 485. The highest BCUT2D eigenvalue weighted by Crippen LogP contribution is 2.19. The molecule has 0 spiro atoms. The number of hydrogen-bond acceptors (Lipinski definition) is 3. The summed E-state index contributed by atoms with van der Waals surface area (Å²) in [6.45, 7) is 0.969. The molecule has 0 amide bonds. The van der Waals surface area contributed by atoms with E-state index >= 15 is 0 Å². The zero-order valence-electron chi connectivity index (χ0n) is 10.8. The Balaban J connectivity index is 1.97. The van der Waals surface area contributed by atoms with Crippen molar-refractivity contribution in [3.05, 3.63) is 54.4 Å². The number of ether oxygens (including phenoxy) is 1. The summed E-state index contributed by atoms with van der Waals surface area (Å²) in [5, 5.41) is 0. The van der Waals surface area contributed by atoms with Crippen LogP contribution in [0.3, 0.4) is 0 Å². The highest BCUT2D eigenvalue weighted by Gasteiger charge is 2.02. The van der Waals surface area contributed by atoms with E-state index in [0.717, 1.165) is 18.7 Å². The average molecular weight is 242 g/mol. The first-order valence-electron chi connectivity index (χ1n) is 6.03.